The van der Waals surface area contributed by atoms with Gasteiger partial charge in [0.1, 0.15) is 11.4 Å². The normalized spacial score (nSPS) is 20.1. The molecule has 3 aliphatic heterocycles. The molecule has 1 saturated heterocycles. The van der Waals surface area contributed by atoms with Crippen LogP contribution in [-0.2, 0) is 16.6 Å². The molecule has 0 spiro atoms. The summed E-state index contributed by atoms with van der Waals surface area (Å²) < 4.78 is 36.4. The van der Waals surface area contributed by atoms with Gasteiger partial charge < -0.3 is 14.6 Å². The molecular weight excluding hydrogens is 380 g/mol. The molecule has 0 radical (unpaired) electrons. The van der Waals surface area contributed by atoms with Gasteiger partial charge in [-0.05, 0) is 24.5 Å². The highest BCUT2D eigenvalue weighted by Gasteiger charge is 2.34. The Morgan fingerprint density at radius 1 is 1.32 bits per heavy atom. The lowest BCUT2D eigenvalue weighted by Crippen LogP contribution is -2.43. The van der Waals surface area contributed by atoms with Crippen LogP contribution in [0.4, 0.5) is 11.4 Å². The first-order valence-electron chi connectivity index (χ1n) is 9.46. The number of ether oxygens (including phenoxy) is 1. The lowest BCUT2D eigenvalue weighted by Gasteiger charge is -2.32. The number of nitrogens with one attached hydrogen (secondary N) is 2. The molecule has 0 saturated carbocycles. The van der Waals surface area contributed by atoms with E-state index < -0.39 is 15.3 Å². The first kappa shape index (κ1) is 19.0. The van der Waals surface area contributed by atoms with E-state index in [4.69, 9.17) is 4.74 Å². The summed E-state index contributed by atoms with van der Waals surface area (Å²) in [5.41, 5.74) is 5.56. The Hall–Kier alpha value is -2.33. The Morgan fingerprint density at radius 2 is 2.07 bits per heavy atom. The number of hydrogen-bond acceptors (Lipinski definition) is 7. The summed E-state index contributed by atoms with van der Waals surface area (Å²) in [5.74, 6) is 1.54. The first-order chi connectivity index (χ1) is 13.4. The number of hydrazone groups is 1. The fraction of sp³-hybridized carbons (Fsp3) is 0.556. The van der Waals surface area contributed by atoms with Crippen LogP contribution in [0.15, 0.2) is 17.2 Å². The van der Waals surface area contributed by atoms with Gasteiger partial charge in [0.2, 0.25) is 10.0 Å². The molecule has 9 nitrogen and oxygen atoms in total. The maximum absolute atomic E-state index is 13.1. The second kappa shape index (κ2) is 7.25. The first-order valence-corrected chi connectivity index (χ1v) is 11.0. The number of hydrazine groups is 1. The fourth-order valence-corrected chi connectivity index (χ4v) is 5.49. The number of piperidine rings is 1. The summed E-state index contributed by atoms with van der Waals surface area (Å²) in [6, 6.07) is 3.77. The zero-order valence-corrected chi connectivity index (χ0v) is 17.3. The topological polar surface area (TPSA) is 89.3 Å². The van der Waals surface area contributed by atoms with Gasteiger partial charge in [-0.15, -0.1) is 0 Å². The van der Waals surface area contributed by atoms with Crippen molar-refractivity contribution >= 4 is 33.4 Å². The Morgan fingerprint density at radius 3 is 2.71 bits per heavy atom. The van der Waals surface area contributed by atoms with Gasteiger partial charge in [-0.3, -0.25) is 4.72 Å². The minimum atomic E-state index is -3.54. The number of anilines is 2. The molecule has 0 aliphatic carbocycles. The van der Waals surface area contributed by atoms with Crippen LogP contribution in [0, 0.1) is 0 Å². The summed E-state index contributed by atoms with van der Waals surface area (Å²) in [7, 11) is 1.79. The highest BCUT2D eigenvalue weighted by atomic mass is 32.2. The van der Waals surface area contributed by atoms with Crippen LogP contribution in [0.25, 0.3) is 0 Å². The molecule has 0 bridgehead atoms. The van der Waals surface area contributed by atoms with Crippen molar-refractivity contribution in [3.05, 3.63) is 17.7 Å². The Labute approximate surface area is 165 Å². The van der Waals surface area contributed by atoms with Crippen molar-refractivity contribution in [3.8, 4) is 5.75 Å². The fourth-order valence-electron chi connectivity index (χ4n) is 4.01. The highest BCUT2D eigenvalue weighted by molar-refractivity contribution is 7.93. The van der Waals surface area contributed by atoms with Gasteiger partial charge in [0, 0.05) is 31.8 Å². The molecule has 10 heteroatoms. The average molecular weight is 408 g/mol. The quantitative estimate of drug-likeness (QED) is 0.718. The van der Waals surface area contributed by atoms with Crippen LogP contribution in [-0.4, -0.2) is 69.6 Å². The molecule has 28 heavy (non-hydrogen) atoms. The number of fused-ring (bicyclic) bond motifs is 1. The summed E-state index contributed by atoms with van der Waals surface area (Å²) in [6.45, 7) is 2.05. The molecule has 1 aromatic carbocycles. The van der Waals surface area contributed by atoms with Crippen LogP contribution in [0.2, 0.25) is 0 Å². The molecule has 152 valence electrons. The van der Waals surface area contributed by atoms with E-state index in [0.29, 0.717) is 43.9 Å². The summed E-state index contributed by atoms with van der Waals surface area (Å²) >= 11 is 0. The molecule has 1 aromatic rings. The zero-order chi connectivity index (χ0) is 19.9. The monoisotopic (exact) mass is 407 g/mol. The number of likely N-dealkylation sites (tertiary alicyclic amines) is 1. The molecule has 3 heterocycles. The van der Waals surface area contributed by atoms with Crippen LogP contribution < -0.4 is 19.9 Å². The molecule has 3 aliphatic rings. The number of hydrogen-bond donors (Lipinski definition) is 2. The standard InChI is InChI=1S/C18H27N6O3S/c1-22-9-8-16(20-22)24-10-6-14(7-11-24)28(25,26)21-17-15(27-3)5-4-13-12-19-23(2)18(13)17/h4-5,9,14,19,21H,6-8,10-12H2,1-3H3/q+1. The third kappa shape index (κ3) is 3.42. The summed E-state index contributed by atoms with van der Waals surface area (Å²) in [4.78, 5) is 2.19. The number of methoxy groups -OCH3 is 1. The number of benzene rings is 1. The van der Waals surface area contributed by atoms with E-state index in [-0.39, 0.29) is 0 Å². The van der Waals surface area contributed by atoms with E-state index >= 15 is 0 Å². The third-order valence-electron chi connectivity index (χ3n) is 5.59. The number of sulfonamides is 1. The highest BCUT2D eigenvalue weighted by Crippen LogP contribution is 2.41. The molecule has 4 rings (SSSR count). The van der Waals surface area contributed by atoms with E-state index in [1.54, 1.807) is 7.11 Å². The Kier molecular flexibility index (Phi) is 4.92. The average Bonchev–Trinajstić information content (AvgIpc) is 3.28. The lowest BCUT2D eigenvalue weighted by atomic mass is 10.1. The molecule has 0 unspecified atom stereocenters. The lowest BCUT2D eigenvalue weighted by molar-refractivity contribution is -0.495. The molecular formula is C18H27N6O3S+. The number of rotatable bonds is 4. The Balaban J connectivity index is 1.50. The van der Waals surface area contributed by atoms with Crippen molar-refractivity contribution in [1.82, 2.24) is 10.3 Å². The van der Waals surface area contributed by atoms with Crippen molar-refractivity contribution in [2.24, 2.45) is 5.10 Å². The van der Waals surface area contributed by atoms with E-state index in [2.05, 4.69) is 20.1 Å². The molecule has 0 atom stereocenters. The van der Waals surface area contributed by atoms with E-state index in [1.165, 1.54) is 0 Å². The van der Waals surface area contributed by atoms with Gasteiger partial charge in [0.15, 0.2) is 19.1 Å². The van der Waals surface area contributed by atoms with Gasteiger partial charge in [-0.25, -0.2) is 13.8 Å². The minimum Gasteiger partial charge on any atom is -0.494 e. The van der Waals surface area contributed by atoms with Gasteiger partial charge in [0.05, 0.1) is 24.5 Å². The third-order valence-corrected chi connectivity index (χ3v) is 7.42. The summed E-state index contributed by atoms with van der Waals surface area (Å²) in [5, 5.41) is 5.86. The predicted molar refractivity (Wildman–Crippen MR) is 110 cm³/mol. The summed E-state index contributed by atoms with van der Waals surface area (Å²) in [6.07, 6.45) is 3.97. The second-order valence-corrected chi connectivity index (χ2v) is 9.32. The molecule has 0 aromatic heterocycles. The van der Waals surface area contributed by atoms with E-state index in [0.717, 1.165) is 23.5 Å². The van der Waals surface area contributed by atoms with E-state index in [9.17, 15) is 8.42 Å². The zero-order valence-electron chi connectivity index (χ0n) is 16.5. The number of nitrogens with zero attached hydrogens (tertiary/aromatic N) is 4. The number of amidine groups is 1. The van der Waals surface area contributed by atoms with Crippen LogP contribution in [0.5, 0.6) is 5.75 Å². The largest absolute Gasteiger partial charge is 0.494 e. The van der Waals surface area contributed by atoms with Crippen molar-refractivity contribution < 1.29 is 17.8 Å². The van der Waals surface area contributed by atoms with Crippen molar-refractivity contribution in [2.45, 2.75) is 31.1 Å². The van der Waals surface area contributed by atoms with Crippen LogP contribution >= 0.6 is 0 Å². The van der Waals surface area contributed by atoms with E-state index in [1.807, 2.05) is 42.1 Å². The SMILES string of the molecule is COc1ccc2c(c1NS(=O)(=O)C1CCN(C3=N[N+](C)=CC3)CC1)N(C)NC2. The van der Waals surface area contributed by atoms with Crippen molar-refractivity contribution in [2.75, 3.05) is 44.0 Å². The van der Waals surface area contributed by atoms with Crippen LogP contribution in [0.1, 0.15) is 24.8 Å². The minimum absolute atomic E-state index is 0.437. The maximum atomic E-state index is 13.1. The van der Waals surface area contributed by atoms with Crippen molar-refractivity contribution in [1.29, 1.82) is 0 Å². The second-order valence-electron chi connectivity index (χ2n) is 7.35. The Bertz CT molecular complexity index is 935. The molecule has 0 amide bonds. The van der Waals surface area contributed by atoms with Gasteiger partial charge in [-0.1, -0.05) is 10.8 Å². The molecule has 1 fully saturated rings. The van der Waals surface area contributed by atoms with Gasteiger partial charge >= 0.3 is 0 Å². The van der Waals surface area contributed by atoms with Gasteiger partial charge in [0.25, 0.3) is 0 Å². The smallest absolute Gasteiger partial charge is 0.235 e. The van der Waals surface area contributed by atoms with Crippen LogP contribution in [0.3, 0.4) is 0 Å². The predicted octanol–water partition coefficient (Wildman–Crippen LogP) is 0.786. The van der Waals surface area contributed by atoms with Crippen molar-refractivity contribution in [3.63, 3.8) is 0 Å². The maximum Gasteiger partial charge on any atom is 0.235 e. The van der Waals surface area contributed by atoms with Gasteiger partial charge in [-0.2, -0.15) is 0 Å². The molecule has 2 N–H and O–H groups in total.